The molecule has 1 aliphatic rings. The van der Waals surface area contributed by atoms with E-state index in [0.717, 1.165) is 25.0 Å². The van der Waals surface area contributed by atoms with Gasteiger partial charge in [0, 0.05) is 13.1 Å². The molecule has 0 N–H and O–H groups in total. The van der Waals surface area contributed by atoms with Gasteiger partial charge in [0.05, 0.1) is 6.20 Å². The lowest BCUT2D eigenvalue weighted by Gasteiger charge is -2.29. The lowest BCUT2D eigenvalue weighted by Crippen LogP contribution is -2.34. The second kappa shape index (κ2) is 3.17. The average Bonchev–Trinajstić information content (AvgIpc) is 2.56. The zero-order valence-corrected chi connectivity index (χ0v) is 7.36. The number of anilines is 1. The molecule has 1 aromatic heterocycles. The van der Waals surface area contributed by atoms with Gasteiger partial charge < -0.3 is 9.32 Å². The van der Waals surface area contributed by atoms with E-state index in [4.69, 9.17) is 4.42 Å². The largest absolute Gasteiger partial charge is 0.432 e. The number of nitrogens with zero attached hydrogens (tertiary/aromatic N) is 2. The molecule has 0 amide bonds. The first kappa shape index (κ1) is 7.65. The van der Waals surface area contributed by atoms with Gasteiger partial charge in [-0.1, -0.05) is 6.92 Å². The fourth-order valence-electron chi connectivity index (χ4n) is 1.74. The molecule has 1 aliphatic heterocycles. The number of aromatic nitrogens is 1. The van der Waals surface area contributed by atoms with E-state index >= 15 is 0 Å². The lowest BCUT2D eigenvalue weighted by molar-refractivity contribution is 0.416. The number of piperidine rings is 1. The van der Waals surface area contributed by atoms with Gasteiger partial charge in [0.1, 0.15) is 6.26 Å². The Labute approximate surface area is 72.4 Å². The summed E-state index contributed by atoms with van der Waals surface area (Å²) in [5, 5.41) is 0. The first-order chi connectivity index (χ1) is 5.86. The van der Waals surface area contributed by atoms with Crippen LogP contribution in [0.4, 0.5) is 6.01 Å². The SMILES string of the molecule is CC1CCCN(c2ncco2)C1. The molecular formula is C9H14N2O. The maximum atomic E-state index is 5.24. The highest BCUT2D eigenvalue weighted by Gasteiger charge is 2.18. The molecule has 0 bridgehead atoms. The van der Waals surface area contributed by atoms with Crippen LogP contribution >= 0.6 is 0 Å². The van der Waals surface area contributed by atoms with Crippen LogP contribution in [0.25, 0.3) is 0 Å². The van der Waals surface area contributed by atoms with Crippen LogP contribution in [0.5, 0.6) is 0 Å². The van der Waals surface area contributed by atoms with Gasteiger partial charge >= 0.3 is 0 Å². The highest BCUT2D eigenvalue weighted by molar-refractivity contribution is 5.25. The maximum absolute atomic E-state index is 5.24. The molecule has 3 heteroatoms. The maximum Gasteiger partial charge on any atom is 0.297 e. The van der Waals surface area contributed by atoms with E-state index in [1.54, 1.807) is 12.5 Å². The number of hydrogen-bond acceptors (Lipinski definition) is 3. The van der Waals surface area contributed by atoms with Gasteiger partial charge in [-0.2, -0.15) is 0 Å². The van der Waals surface area contributed by atoms with Crippen LogP contribution in [0.15, 0.2) is 16.9 Å². The van der Waals surface area contributed by atoms with Crippen molar-refractivity contribution in [3.05, 3.63) is 12.5 Å². The molecule has 12 heavy (non-hydrogen) atoms. The van der Waals surface area contributed by atoms with Gasteiger partial charge in [-0.05, 0) is 18.8 Å². The summed E-state index contributed by atoms with van der Waals surface area (Å²) < 4.78 is 5.24. The van der Waals surface area contributed by atoms with Crippen LogP contribution in [-0.4, -0.2) is 18.1 Å². The lowest BCUT2D eigenvalue weighted by atomic mass is 10.0. The Bertz CT molecular complexity index is 233. The van der Waals surface area contributed by atoms with E-state index in [-0.39, 0.29) is 0 Å². The van der Waals surface area contributed by atoms with Gasteiger partial charge in [-0.3, -0.25) is 0 Å². The van der Waals surface area contributed by atoms with Crippen LogP contribution in [0.3, 0.4) is 0 Å². The van der Waals surface area contributed by atoms with Crippen molar-refractivity contribution in [3.63, 3.8) is 0 Å². The van der Waals surface area contributed by atoms with Crippen molar-refractivity contribution in [1.29, 1.82) is 0 Å². The fraction of sp³-hybridized carbons (Fsp3) is 0.667. The smallest absolute Gasteiger partial charge is 0.297 e. The monoisotopic (exact) mass is 166 g/mol. The molecule has 1 aromatic rings. The summed E-state index contributed by atoms with van der Waals surface area (Å²) in [5.41, 5.74) is 0. The van der Waals surface area contributed by atoms with E-state index in [2.05, 4.69) is 16.8 Å². The van der Waals surface area contributed by atoms with Crippen molar-refractivity contribution in [3.8, 4) is 0 Å². The van der Waals surface area contributed by atoms with Crippen LogP contribution in [0, 0.1) is 5.92 Å². The molecule has 0 aliphatic carbocycles. The normalized spacial score (nSPS) is 24.4. The Kier molecular flexibility index (Phi) is 2.02. The third-order valence-corrected chi connectivity index (χ3v) is 2.35. The Balaban J connectivity index is 2.04. The van der Waals surface area contributed by atoms with E-state index in [9.17, 15) is 0 Å². The molecule has 0 radical (unpaired) electrons. The Morgan fingerprint density at radius 2 is 2.58 bits per heavy atom. The molecule has 2 rings (SSSR count). The number of hydrogen-bond donors (Lipinski definition) is 0. The van der Waals surface area contributed by atoms with Crippen LogP contribution in [-0.2, 0) is 0 Å². The topological polar surface area (TPSA) is 29.3 Å². The summed E-state index contributed by atoms with van der Waals surface area (Å²) in [7, 11) is 0. The number of rotatable bonds is 1. The highest BCUT2D eigenvalue weighted by Crippen LogP contribution is 2.20. The molecule has 0 saturated carbocycles. The summed E-state index contributed by atoms with van der Waals surface area (Å²) in [4.78, 5) is 6.35. The van der Waals surface area contributed by atoms with E-state index in [1.165, 1.54) is 12.8 Å². The minimum Gasteiger partial charge on any atom is -0.432 e. The van der Waals surface area contributed by atoms with Crippen LogP contribution < -0.4 is 4.90 Å². The van der Waals surface area contributed by atoms with Crippen LogP contribution in [0.2, 0.25) is 0 Å². The summed E-state index contributed by atoms with van der Waals surface area (Å²) in [6.45, 7) is 4.44. The Hall–Kier alpha value is -0.990. The highest BCUT2D eigenvalue weighted by atomic mass is 16.4. The quantitative estimate of drug-likeness (QED) is 0.638. The van der Waals surface area contributed by atoms with Gasteiger partial charge in [0.15, 0.2) is 0 Å². The third-order valence-electron chi connectivity index (χ3n) is 2.35. The molecule has 2 heterocycles. The van der Waals surface area contributed by atoms with Gasteiger partial charge in [-0.25, -0.2) is 4.98 Å². The molecule has 66 valence electrons. The van der Waals surface area contributed by atoms with Crippen LogP contribution in [0.1, 0.15) is 19.8 Å². The summed E-state index contributed by atoms with van der Waals surface area (Å²) in [6, 6.07) is 0.779. The zero-order valence-electron chi connectivity index (χ0n) is 7.36. The summed E-state index contributed by atoms with van der Waals surface area (Å²) in [6.07, 6.45) is 5.92. The molecule has 1 fully saturated rings. The first-order valence-electron chi connectivity index (χ1n) is 4.50. The zero-order chi connectivity index (χ0) is 8.39. The molecule has 1 unspecified atom stereocenters. The summed E-state index contributed by atoms with van der Waals surface area (Å²) in [5.74, 6) is 0.769. The minimum atomic E-state index is 0.769. The third kappa shape index (κ3) is 1.44. The van der Waals surface area contributed by atoms with Crippen molar-refractivity contribution >= 4 is 6.01 Å². The minimum absolute atomic E-state index is 0.769. The predicted molar refractivity (Wildman–Crippen MR) is 47.1 cm³/mol. The van der Waals surface area contributed by atoms with E-state index < -0.39 is 0 Å². The van der Waals surface area contributed by atoms with Crippen molar-refractivity contribution in [1.82, 2.24) is 4.98 Å². The van der Waals surface area contributed by atoms with Crippen molar-refractivity contribution in [2.75, 3.05) is 18.0 Å². The van der Waals surface area contributed by atoms with E-state index in [1.807, 2.05) is 0 Å². The van der Waals surface area contributed by atoms with E-state index in [0.29, 0.717) is 0 Å². The molecule has 1 atom stereocenters. The van der Waals surface area contributed by atoms with Crippen molar-refractivity contribution in [2.24, 2.45) is 5.92 Å². The van der Waals surface area contributed by atoms with Gasteiger partial charge in [-0.15, -0.1) is 0 Å². The standard InChI is InChI=1S/C9H14N2O/c1-8-3-2-5-11(7-8)9-10-4-6-12-9/h4,6,8H,2-3,5,7H2,1H3. The average molecular weight is 166 g/mol. The molecule has 1 saturated heterocycles. The molecule has 0 aromatic carbocycles. The number of oxazole rings is 1. The van der Waals surface area contributed by atoms with Crippen molar-refractivity contribution in [2.45, 2.75) is 19.8 Å². The van der Waals surface area contributed by atoms with Gasteiger partial charge in [0.25, 0.3) is 6.01 Å². The molecular weight excluding hydrogens is 152 g/mol. The second-order valence-corrected chi connectivity index (χ2v) is 3.51. The second-order valence-electron chi connectivity index (χ2n) is 3.51. The van der Waals surface area contributed by atoms with Gasteiger partial charge in [0.2, 0.25) is 0 Å². The Morgan fingerprint density at radius 3 is 3.25 bits per heavy atom. The predicted octanol–water partition coefficient (Wildman–Crippen LogP) is 1.91. The first-order valence-corrected chi connectivity index (χ1v) is 4.50. The fourth-order valence-corrected chi connectivity index (χ4v) is 1.74. The molecule has 3 nitrogen and oxygen atoms in total. The molecule has 0 spiro atoms. The van der Waals surface area contributed by atoms with Crippen molar-refractivity contribution < 1.29 is 4.42 Å². The Morgan fingerprint density at radius 1 is 1.67 bits per heavy atom. The summed E-state index contributed by atoms with van der Waals surface area (Å²) >= 11 is 0.